The summed E-state index contributed by atoms with van der Waals surface area (Å²) < 4.78 is 3.21. The summed E-state index contributed by atoms with van der Waals surface area (Å²) in [6.07, 6.45) is 5.73. The molecular formula is C17H18BrN5. The van der Waals surface area contributed by atoms with Crippen LogP contribution in [0.2, 0.25) is 0 Å². The van der Waals surface area contributed by atoms with E-state index >= 15 is 0 Å². The summed E-state index contributed by atoms with van der Waals surface area (Å²) in [7, 11) is 0. The zero-order chi connectivity index (χ0) is 16.0. The summed E-state index contributed by atoms with van der Waals surface area (Å²) in [6, 6.07) is 4.24. The van der Waals surface area contributed by atoms with E-state index < -0.39 is 0 Å². The molecule has 0 bridgehead atoms. The highest BCUT2D eigenvalue weighted by atomic mass is 79.9. The van der Waals surface area contributed by atoms with Gasteiger partial charge >= 0.3 is 0 Å². The van der Waals surface area contributed by atoms with Crippen molar-refractivity contribution < 1.29 is 0 Å². The Morgan fingerprint density at radius 1 is 1.22 bits per heavy atom. The molecule has 118 valence electrons. The molecule has 0 N–H and O–H groups in total. The molecule has 1 aliphatic heterocycles. The first-order chi connectivity index (χ1) is 11.1. The lowest BCUT2D eigenvalue weighted by Gasteiger charge is -2.40. The van der Waals surface area contributed by atoms with Gasteiger partial charge in [0.15, 0.2) is 5.65 Å². The number of anilines is 1. The first kappa shape index (κ1) is 14.6. The van der Waals surface area contributed by atoms with Gasteiger partial charge in [0.1, 0.15) is 5.82 Å². The van der Waals surface area contributed by atoms with Gasteiger partial charge in [0, 0.05) is 47.8 Å². The summed E-state index contributed by atoms with van der Waals surface area (Å²) in [5, 5.41) is 1.11. The van der Waals surface area contributed by atoms with E-state index in [9.17, 15) is 0 Å². The fourth-order valence-corrected chi connectivity index (χ4v) is 3.46. The number of nitrogens with zero attached hydrogens (tertiary/aromatic N) is 5. The molecule has 0 atom stereocenters. The van der Waals surface area contributed by atoms with Gasteiger partial charge < -0.3 is 9.47 Å². The van der Waals surface area contributed by atoms with Gasteiger partial charge in [-0.2, -0.15) is 0 Å². The SMILES string of the molecule is Cc1nc2nc(N3CC(Cn4ccnc4)C3)ccc2c(C)c1Br. The first-order valence-electron chi connectivity index (χ1n) is 7.76. The van der Waals surface area contributed by atoms with E-state index in [1.165, 1.54) is 5.56 Å². The van der Waals surface area contributed by atoms with Crippen molar-refractivity contribution in [2.24, 2.45) is 5.92 Å². The Balaban J connectivity index is 1.53. The third kappa shape index (κ3) is 2.61. The van der Waals surface area contributed by atoms with Gasteiger partial charge in [0.2, 0.25) is 0 Å². The molecule has 0 amide bonds. The Bertz CT molecular complexity index is 853. The van der Waals surface area contributed by atoms with Gasteiger partial charge in [0.05, 0.1) is 12.0 Å². The van der Waals surface area contributed by atoms with Gasteiger partial charge in [-0.15, -0.1) is 0 Å². The summed E-state index contributed by atoms with van der Waals surface area (Å²) >= 11 is 3.60. The van der Waals surface area contributed by atoms with Crippen LogP contribution >= 0.6 is 15.9 Å². The molecule has 6 heteroatoms. The molecule has 3 aromatic heterocycles. The average molecular weight is 372 g/mol. The highest BCUT2D eigenvalue weighted by Gasteiger charge is 2.28. The molecule has 0 radical (unpaired) electrons. The Morgan fingerprint density at radius 2 is 2.04 bits per heavy atom. The lowest BCUT2D eigenvalue weighted by molar-refractivity contribution is 0.355. The largest absolute Gasteiger partial charge is 0.356 e. The maximum absolute atomic E-state index is 4.77. The molecular weight excluding hydrogens is 354 g/mol. The standard InChI is InChI=1S/C17H18BrN5/c1-11-14-3-4-15(21-17(14)20-12(2)16(11)18)23-8-13(9-23)7-22-6-5-19-10-22/h3-6,10,13H,7-9H2,1-2H3. The topological polar surface area (TPSA) is 46.8 Å². The number of aryl methyl sites for hydroxylation is 2. The molecule has 1 fully saturated rings. The lowest BCUT2D eigenvalue weighted by atomic mass is 10.00. The molecule has 23 heavy (non-hydrogen) atoms. The smallest absolute Gasteiger partial charge is 0.162 e. The number of hydrogen-bond acceptors (Lipinski definition) is 4. The lowest BCUT2D eigenvalue weighted by Crippen LogP contribution is -2.48. The molecule has 0 aliphatic carbocycles. The number of hydrogen-bond donors (Lipinski definition) is 0. The van der Waals surface area contributed by atoms with Crippen LogP contribution < -0.4 is 4.90 Å². The van der Waals surface area contributed by atoms with Gasteiger partial charge in [-0.3, -0.25) is 0 Å². The minimum absolute atomic E-state index is 0.656. The molecule has 0 spiro atoms. The Hall–Kier alpha value is -1.95. The zero-order valence-electron chi connectivity index (χ0n) is 13.2. The van der Waals surface area contributed by atoms with Crippen molar-refractivity contribution in [1.29, 1.82) is 0 Å². The third-order valence-electron chi connectivity index (χ3n) is 4.49. The second-order valence-electron chi connectivity index (χ2n) is 6.21. The summed E-state index contributed by atoms with van der Waals surface area (Å²) in [6.45, 7) is 7.20. The van der Waals surface area contributed by atoms with E-state index in [2.05, 4.69) is 54.4 Å². The van der Waals surface area contributed by atoms with Crippen LogP contribution in [0.25, 0.3) is 11.0 Å². The van der Waals surface area contributed by atoms with Gasteiger partial charge in [0.25, 0.3) is 0 Å². The summed E-state index contributed by atoms with van der Waals surface area (Å²) in [5.41, 5.74) is 3.02. The fourth-order valence-electron chi connectivity index (χ4n) is 3.16. The van der Waals surface area contributed by atoms with Crippen LogP contribution in [0.3, 0.4) is 0 Å². The predicted molar refractivity (Wildman–Crippen MR) is 94.6 cm³/mol. The number of pyridine rings is 2. The summed E-state index contributed by atoms with van der Waals surface area (Å²) in [4.78, 5) is 15.8. The maximum atomic E-state index is 4.77. The number of fused-ring (bicyclic) bond motifs is 1. The number of rotatable bonds is 3. The van der Waals surface area contributed by atoms with Gasteiger partial charge in [-0.25, -0.2) is 15.0 Å². The van der Waals surface area contributed by atoms with Crippen molar-refractivity contribution in [2.75, 3.05) is 18.0 Å². The molecule has 0 unspecified atom stereocenters. The van der Waals surface area contributed by atoms with E-state index in [0.717, 1.165) is 46.7 Å². The van der Waals surface area contributed by atoms with E-state index in [0.29, 0.717) is 5.92 Å². The van der Waals surface area contributed by atoms with E-state index in [1.807, 2.05) is 25.6 Å². The van der Waals surface area contributed by atoms with Gasteiger partial charge in [-0.1, -0.05) is 0 Å². The third-order valence-corrected chi connectivity index (χ3v) is 5.66. The second-order valence-corrected chi connectivity index (χ2v) is 7.00. The van der Waals surface area contributed by atoms with Crippen molar-refractivity contribution in [1.82, 2.24) is 19.5 Å². The molecule has 1 aliphatic rings. The molecule has 1 saturated heterocycles. The molecule has 0 aromatic carbocycles. The normalized spacial score (nSPS) is 15.2. The van der Waals surface area contributed by atoms with Crippen LogP contribution in [0.5, 0.6) is 0 Å². The van der Waals surface area contributed by atoms with E-state index in [-0.39, 0.29) is 0 Å². The highest BCUT2D eigenvalue weighted by molar-refractivity contribution is 9.10. The summed E-state index contributed by atoms with van der Waals surface area (Å²) in [5.74, 6) is 1.68. The molecule has 3 aromatic rings. The predicted octanol–water partition coefficient (Wildman–Crippen LogP) is 3.34. The Labute approximate surface area is 143 Å². The van der Waals surface area contributed by atoms with Crippen LogP contribution in [0.15, 0.2) is 35.3 Å². The number of halogens is 1. The van der Waals surface area contributed by atoms with Crippen LogP contribution in [0.1, 0.15) is 11.3 Å². The molecule has 4 heterocycles. The fraction of sp³-hybridized carbons (Fsp3) is 0.353. The van der Waals surface area contributed by atoms with Crippen molar-refractivity contribution in [2.45, 2.75) is 20.4 Å². The molecule has 0 saturated carbocycles. The van der Waals surface area contributed by atoms with Crippen molar-refractivity contribution in [3.05, 3.63) is 46.6 Å². The monoisotopic (exact) mass is 371 g/mol. The average Bonchev–Trinajstić information content (AvgIpc) is 3.01. The first-order valence-corrected chi connectivity index (χ1v) is 8.55. The minimum atomic E-state index is 0.656. The van der Waals surface area contributed by atoms with Crippen LogP contribution in [-0.4, -0.2) is 32.6 Å². The second kappa shape index (κ2) is 5.60. The number of imidazole rings is 1. The Morgan fingerprint density at radius 3 is 2.78 bits per heavy atom. The van der Waals surface area contributed by atoms with Crippen LogP contribution in [-0.2, 0) is 6.54 Å². The Kier molecular flexibility index (Phi) is 3.56. The van der Waals surface area contributed by atoms with Crippen LogP contribution in [0, 0.1) is 19.8 Å². The van der Waals surface area contributed by atoms with Gasteiger partial charge in [-0.05, 0) is 47.5 Å². The molecule has 4 rings (SSSR count). The maximum Gasteiger partial charge on any atom is 0.162 e. The highest BCUT2D eigenvalue weighted by Crippen LogP contribution is 2.29. The zero-order valence-corrected chi connectivity index (χ0v) is 14.8. The minimum Gasteiger partial charge on any atom is -0.356 e. The van der Waals surface area contributed by atoms with E-state index in [4.69, 9.17) is 4.98 Å². The van der Waals surface area contributed by atoms with Crippen molar-refractivity contribution >= 4 is 32.8 Å². The quantitative estimate of drug-likeness (QED) is 0.708. The molecule has 5 nitrogen and oxygen atoms in total. The number of aromatic nitrogens is 4. The van der Waals surface area contributed by atoms with E-state index in [1.54, 1.807) is 0 Å². The van der Waals surface area contributed by atoms with Crippen LogP contribution in [0.4, 0.5) is 5.82 Å². The van der Waals surface area contributed by atoms with Crippen molar-refractivity contribution in [3.63, 3.8) is 0 Å². The van der Waals surface area contributed by atoms with Crippen molar-refractivity contribution in [3.8, 4) is 0 Å².